The van der Waals surface area contributed by atoms with E-state index in [-0.39, 0.29) is 12.3 Å². The normalized spacial score (nSPS) is 10.5. The molecule has 1 heterocycles. The molecule has 0 aliphatic heterocycles. The molecule has 0 bridgehead atoms. The van der Waals surface area contributed by atoms with Gasteiger partial charge in [-0.05, 0) is 30.5 Å². The third-order valence-electron chi connectivity index (χ3n) is 4.07. The largest absolute Gasteiger partial charge is 0.496 e. The lowest BCUT2D eigenvalue weighted by molar-refractivity contribution is -0.120. The topological polar surface area (TPSA) is 77.2 Å². The van der Waals surface area contributed by atoms with Crippen molar-refractivity contribution in [2.24, 2.45) is 0 Å². The number of aryl methyl sites for hydroxylation is 1. The Morgan fingerprint density at radius 1 is 1.15 bits per heavy atom. The van der Waals surface area contributed by atoms with Gasteiger partial charge in [0.15, 0.2) is 0 Å². The second-order valence-corrected chi connectivity index (χ2v) is 5.92. The third-order valence-corrected chi connectivity index (χ3v) is 4.07. The number of methoxy groups -OCH3 is 1. The number of amides is 1. The van der Waals surface area contributed by atoms with Gasteiger partial charge in [0.1, 0.15) is 12.2 Å². The van der Waals surface area contributed by atoms with E-state index in [0.717, 1.165) is 22.4 Å². The molecule has 0 saturated carbocycles. The summed E-state index contributed by atoms with van der Waals surface area (Å²) in [5.41, 5.74) is 3.01. The molecule has 0 radical (unpaired) electrons. The molecule has 0 fully saturated rings. The summed E-state index contributed by atoms with van der Waals surface area (Å²) < 4.78 is 10.5. The Hall–Kier alpha value is -3.15. The van der Waals surface area contributed by atoms with Gasteiger partial charge in [-0.3, -0.25) is 4.79 Å². The molecule has 6 nitrogen and oxygen atoms in total. The van der Waals surface area contributed by atoms with Crippen LogP contribution in [0.1, 0.15) is 17.0 Å². The van der Waals surface area contributed by atoms with Crippen LogP contribution in [0.4, 0.5) is 0 Å². The van der Waals surface area contributed by atoms with Crippen LogP contribution in [0.3, 0.4) is 0 Å². The molecular weight excluding hydrogens is 330 g/mol. The van der Waals surface area contributed by atoms with Crippen molar-refractivity contribution < 1.29 is 14.1 Å². The van der Waals surface area contributed by atoms with Crippen molar-refractivity contribution in [2.75, 3.05) is 13.7 Å². The highest BCUT2D eigenvalue weighted by Crippen LogP contribution is 2.20. The van der Waals surface area contributed by atoms with Crippen molar-refractivity contribution in [3.8, 4) is 17.1 Å². The van der Waals surface area contributed by atoms with Crippen LogP contribution in [0.25, 0.3) is 11.4 Å². The number of rotatable bonds is 7. The van der Waals surface area contributed by atoms with Gasteiger partial charge in [0.25, 0.3) is 0 Å². The first-order chi connectivity index (χ1) is 12.7. The van der Waals surface area contributed by atoms with Crippen molar-refractivity contribution in [3.63, 3.8) is 0 Å². The Morgan fingerprint density at radius 3 is 2.73 bits per heavy atom. The van der Waals surface area contributed by atoms with E-state index >= 15 is 0 Å². The maximum atomic E-state index is 12.1. The zero-order valence-electron chi connectivity index (χ0n) is 14.9. The minimum atomic E-state index is -0.153. The average molecular weight is 351 g/mol. The zero-order chi connectivity index (χ0) is 18.4. The van der Waals surface area contributed by atoms with Crippen LogP contribution in [0.15, 0.2) is 53.1 Å². The van der Waals surface area contributed by atoms with Gasteiger partial charge in [0, 0.05) is 12.1 Å². The monoisotopic (exact) mass is 351 g/mol. The number of aromatic nitrogens is 2. The fourth-order valence-electron chi connectivity index (χ4n) is 2.71. The van der Waals surface area contributed by atoms with Crippen LogP contribution in [-0.2, 0) is 17.6 Å². The van der Waals surface area contributed by atoms with Gasteiger partial charge in [0.2, 0.25) is 17.6 Å². The molecule has 1 amide bonds. The molecule has 3 rings (SSSR count). The van der Waals surface area contributed by atoms with Gasteiger partial charge < -0.3 is 14.6 Å². The van der Waals surface area contributed by atoms with E-state index in [1.165, 1.54) is 0 Å². The number of hydrogen-bond donors (Lipinski definition) is 1. The molecular formula is C20H21N3O3. The smallest absolute Gasteiger partial charge is 0.236 e. The van der Waals surface area contributed by atoms with E-state index in [9.17, 15) is 4.79 Å². The first kappa shape index (κ1) is 17.7. The van der Waals surface area contributed by atoms with Crippen molar-refractivity contribution >= 4 is 5.91 Å². The third kappa shape index (κ3) is 4.27. The molecule has 0 aliphatic carbocycles. The minimum absolute atomic E-state index is 0.0603. The van der Waals surface area contributed by atoms with Crippen LogP contribution in [-0.4, -0.2) is 29.7 Å². The first-order valence-electron chi connectivity index (χ1n) is 8.44. The molecule has 134 valence electrons. The van der Waals surface area contributed by atoms with Gasteiger partial charge in [-0.2, -0.15) is 4.98 Å². The van der Waals surface area contributed by atoms with Crippen molar-refractivity contribution in [1.29, 1.82) is 0 Å². The van der Waals surface area contributed by atoms with E-state index < -0.39 is 0 Å². The molecule has 0 atom stereocenters. The van der Waals surface area contributed by atoms with E-state index in [2.05, 4.69) is 15.5 Å². The standard InChI is InChI=1S/C20H21N3O3/c1-14-7-3-5-9-16(14)20-22-19(26-23-20)13-18(24)21-12-11-15-8-4-6-10-17(15)25-2/h3-10H,11-13H2,1-2H3,(H,21,24). The predicted molar refractivity (Wildman–Crippen MR) is 97.9 cm³/mol. The van der Waals surface area contributed by atoms with Gasteiger partial charge in [-0.15, -0.1) is 0 Å². The molecule has 1 N–H and O–H groups in total. The number of para-hydroxylation sites is 1. The summed E-state index contributed by atoms with van der Waals surface area (Å²) in [4.78, 5) is 16.4. The summed E-state index contributed by atoms with van der Waals surface area (Å²) in [7, 11) is 1.64. The fraction of sp³-hybridized carbons (Fsp3) is 0.250. The van der Waals surface area contributed by atoms with Crippen molar-refractivity contribution in [3.05, 3.63) is 65.5 Å². The van der Waals surface area contributed by atoms with Gasteiger partial charge >= 0.3 is 0 Å². The molecule has 0 spiro atoms. The van der Waals surface area contributed by atoms with E-state index in [1.807, 2.05) is 55.5 Å². The lowest BCUT2D eigenvalue weighted by Gasteiger charge is -2.08. The summed E-state index contributed by atoms with van der Waals surface area (Å²) in [5.74, 6) is 1.47. The summed E-state index contributed by atoms with van der Waals surface area (Å²) in [6, 6.07) is 15.5. The number of carbonyl (C=O) groups excluding carboxylic acids is 1. The Balaban J connectivity index is 1.53. The maximum absolute atomic E-state index is 12.1. The molecule has 6 heteroatoms. The number of carbonyl (C=O) groups is 1. The summed E-state index contributed by atoms with van der Waals surface area (Å²) in [5, 5.41) is 6.84. The maximum Gasteiger partial charge on any atom is 0.236 e. The molecule has 0 saturated heterocycles. The highest BCUT2D eigenvalue weighted by molar-refractivity contribution is 5.77. The second kappa shape index (κ2) is 8.29. The predicted octanol–water partition coefficient (Wildman–Crippen LogP) is 2.96. The fourth-order valence-corrected chi connectivity index (χ4v) is 2.71. The Kier molecular flexibility index (Phi) is 5.63. The Bertz CT molecular complexity index is 889. The lowest BCUT2D eigenvalue weighted by atomic mass is 10.1. The molecule has 0 aliphatic rings. The van der Waals surface area contributed by atoms with Gasteiger partial charge in [-0.25, -0.2) is 0 Å². The molecule has 3 aromatic rings. The van der Waals surface area contributed by atoms with Crippen molar-refractivity contribution in [1.82, 2.24) is 15.5 Å². The van der Waals surface area contributed by atoms with Crippen LogP contribution in [0.2, 0.25) is 0 Å². The SMILES string of the molecule is COc1ccccc1CCNC(=O)Cc1nc(-c2ccccc2C)no1. The molecule has 2 aromatic carbocycles. The van der Waals surface area contributed by atoms with E-state index in [1.54, 1.807) is 7.11 Å². The van der Waals surface area contributed by atoms with E-state index in [4.69, 9.17) is 9.26 Å². The lowest BCUT2D eigenvalue weighted by Crippen LogP contribution is -2.27. The van der Waals surface area contributed by atoms with Crippen LogP contribution < -0.4 is 10.1 Å². The number of hydrogen-bond acceptors (Lipinski definition) is 5. The van der Waals surface area contributed by atoms with Crippen molar-refractivity contribution in [2.45, 2.75) is 19.8 Å². The Labute approximate surface area is 152 Å². The van der Waals surface area contributed by atoms with Crippen LogP contribution in [0.5, 0.6) is 5.75 Å². The van der Waals surface area contributed by atoms with Crippen LogP contribution in [0, 0.1) is 6.92 Å². The van der Waals surface area contributed by atoms with Gasteiger partial charge in [-0.1, -0.05) is 47.6 Å². The number of benzene rings is 2. The summed E-state index contributed by atoms with van der Waals surface area (Å²) >= 11 is 0. The molecule has 26 heavy (non-hydrogen) atoms. The second-order valence-electron chi connectivity index (χ2n) is 5.92. The summed E-state index contributed by atoms with van der Waals surface area (Å²) in [6.07, 6.45) is 0.749. The number of ether oxygens (including phenoxy) is 1. The first-order valence-corrected chi connectivity index (χ1v) is 8.44. The highest BCUT2D eigenvalue weighted by atomic mass is 16.5. The zero-order valence-corrected chi connectivity index (χ0v) is 14.9. The molecule has 0 unspecified atom stereocenters. The van der Waals surface area contributed by atoms with Gasteiger partial charge in [0.05, 0.1) is 7.11 Å². The average Bonchev–Trinajstić information content (AvgIpc) is 3.10. The quantitative estimate of drug-likeness (QED) is 0.708. The van der Waals surface area contributed by atoms with Crippen LogP contribution >= 0.6 is 0 Å². The minimum Gasteiger partial charge on any atom is -0.496 e. The number of nitrogens with zero attached hydrogens (tertiary/aromatic N) is 2. The molecule has 1 aromatic heterocycles. The highest BCUT2D eigenvalue weighted by Gasteiger charge is 2.13. The summed E-state index contributed by atoms with van der Waals surface area (Å²) in [6.45, 7) is 2.49. The number of nitrogens with one attached hydrogen (secondary N) is 1. The van der Waals surface area contributed by atoms with E-state index in [0.29, 0.717) is 24.7 Å². The Morgan fingerprint density at radius 2 is 1.92 bits per heavy atom.